The van der Waals surface area contributed by atoms with Gasteiger partial charge in [-0.1, -0.05) is 6.07 Å². The Morgan fingerprint density at radius 1 is 1.07 bits per heavy atom. The fourth-order valence-corrected chi connectivity index (χ4v) is 4.54. The summed E-state index contributed by atoms with van der Waals surface area (Å²) in [5.74, 6) is -4.70. The molecule has 14 heteroatoms. The minimum atomic E-state index is -1.26. The van der Waals surface area contributed by atoms with E-state index in [4.69, 9.17) is 9.47 Å². The lowest BCUT2D eigenvalue weighted by atomic mass is 10.0. The van der Waals surface area contributed by atoms with Crippen molar-refractivity contribution in [3.05, 3.63) is 52.2 Å². The molecule has 3 amide bonds. The number of alkyl carbamates (subject to hydrolysis) is 1. The Labute approximate surface area is 233 Å². The summed E-state index contributed by atoms with van der Waals surface area (Å²) >= 11 is 1.19. The van der Waals surface area contributed by atoms with Crippen molar-refractivity contribution >= 4 is 47.0 Å². The van der Waals surface area contributed by atoms with E-state index < -0.39 is 59.4 Å². The van der Waals surface area contributed by atoms with Gasteiger partial charge in [0.1, 0.15) is 23.4 Å². The number of carbonyl (C=O) groups is 6. The summed E-state index contributed by atoms with van der Waals surface area (Å²) in [7, 11) is 0. The Morgan fingerprint density at radius 2 is 1.75 bits per heavy atom. The third kappa shape index (κ3) is 7.79. The summed E-state index contributed by atoms with van der Waals surface area (Å²) < 4.78 is 10.5. The van der Waals surface area contributed by atoms with Gasteiger partial charge in [-0.3, -0.25) is 14.4 Å². The Kier molecular flexibility index (Phi) is 9.47. The minimum absolute atomic E-state index is 0.0190. The number of Topliss-reactive ketones (excluding diaryl/α,β-unsaturated/α-hetero) is 1. The standard InChI is InChI=1S/C26H29N3O10S/c1-26(2,3)39-25(37)28-16(23(33)34)10-11-38-15-8-6-14(7-9-15)20(30)21(31)27-17-13-29(22(17)32)19(24(35)36)18-5-4-12-40-18/h4-9,12,16-17,19H,10-11,13H2,1-3H3,(H,27,31)(H,28,37)(H,33,34)(H,35,36). The van der Waals surface area contributed by atoms with Crippen LogP contribution in [0.2, 0.25) is 0 Å². The number of hydrogen-bond acceptors (Lipinski definition) is 9. The first-order valence-corrected chi connectivity index (χ1v) is 13.0. The predicted octanol–water partition coefficient (Wildman–Crippen LogP) is 1.83. The first-order chi connectivity index (χ1) is 18.8. The van der Waals surface area contributed by atoms with Gasteiger partial charge in [0, 0.05) is 16.9 Å². The maximum absolute atomic E-state index is 12.5. The highest BCUT2D eigenvalue weighted by Gasteiger charge is 2.45. The maximum Gasteiger partial charge on any atom is 0.408 e. The second kappa shape index (κ2) is 12.6. The van der Waals surface area contributed by atoms with Gasteiger partial charge in [0.2, 0.25) is 11.7 Å². The van der Waals surface area contributed by atoms with Crippen LogP contribution < -0.4 is 15.4 Å². The topological polar surface area (TPSA) is 189 Å². The number of carbonyl (C=O) groups excluding carboxylic acids is 4. The van der Waals surface area contributed by atoms with Crippen molar-refractivity contribution in [2.75, 3.05) is 13.2 Å². The molecule has 1 aliphatic rings. The van der Waals surface area contributed by atoms with Crippen molar-refractivity contribution in [1.82, 2.24) is 15.5 Å². The van der Waals surface area contributed by atoms with Crippen LogP contribution in [0.5, 0.6) is 5.75 Å². The second-order valence-corrected chi connectivity index (χ2v) is 10.8. The van der Waals surface area contributed by atoms with Crippen molar-refractivity contribution in [3.63, 3.8) is 0 Å². The number of ether oxygens (including phenoxy) is 2. The molecule has 3 rings (SSSR count). The van der Waals surface area contributed by atoms with Crippen LogP contribution in [0.4, 0.5) is 4.79 Å². The molecule has 0 aliphatic carbocycles. The molecular formula is C26H29N3O10S. The van der Waals surface area contributed by atoms with E-state index in [2.05, 4.69) is 10.6 Å². The fraction of sp³-hybridized carbons (Fsp3) is 0.385. The largest absolute Gasteiger partial charge is 0.494 e. The highest BCUT2D eigenvalue weighted by molar-refractivity contribution is 7.10. The van der Waals surface area contributed by atoms with E-state index in [1.54, 1.807) is 38.3 Å². The van der Waals surface area contributed by atoms with Crippen molar-refractivity contribution < 1.29 is 48.5 Å². The van der Waals surface area contributed by atoms with Crippen LogP contribution in [-0.2, 0) is 23.9 Å². The molecule has 2 aromatic rings. The molecule has 4 N–H and O–H groups in total. The Morgan fingerprint density at radius 3 is 2.27 bits per heavy atom. The summed E-state index contributed by atoms with van der Waals surface area (Å²) in [6.07, 6.45) is -0.944. The number of hydrogen-bond donors (Lipinski definition) is 4. The summed E-state index contributed by atoms with van der Waals surface area (Å²) in [4.78, 5) is 74.0. The number of rotatable bonds is 12. The summed E-state index contributed by atoms with van der Waals surface area (Å²) in [5, 5.41) is 25.1. The number of ketones is 1. The maximum atomic E-state index is 12.5. The number of aliphatic carboxylic acids is 2. The van der Waals surface area contributed by atoms with Gasteiger partial charge in [0.05, 0.1) is 13.2 Å². The van der Waals surface area contributed by atoms with Gasteiger partial charge < -0.3 is 35.2 Å². The van der Waals surface area contributed by atoms with Gasteiger partial charge in [-0.05, 0) is 56.5 Å². The van der Waals surface area contributed by atoms with Crippen LogP contribution in [0, 0.1) is 0 Å². The van der Waals surface area contributed by atoms with Gasteiger partial charge in [-0.15, -0.1) is 11.3 Å². The van der Waals surface area contributed by atoms with Gasteiger partial charge in [0.25, 0.3) is 5.91 Å². The average molecular weight is 576 g/mol. The quantitative estimate of drug-likeness (QED) is 0.165. The Balaban J connectivity index is 1.48. The van der Waals surface area contributed by atoms with Crippen molar-refractivity contribution in [2.24, 2.45) is 0 Å². The fourth-order valence-electron chi connectivity index (χ4n) is 3.71. The molecule has 13 nitrogen and oxygen atoms in total. The molecule has 1 aromatic heterocycles. The zero-order valence-corrected chi connectivity index (χ0v) is 22.7. The lowest BCUT2D eigenvalue weighted by Crippen LogP contribution is -2.65. The minimum Gasteiger partial charge on any atom is -0.494 e. The van der Waals surface area contributed by atoms with Crippen molar-refractivity contribution in [3.8, 4) is 5.75 Å². The average Bonchev–Trinajstić information content (AvgIpc) is 3.40. The van der Waals surface area contributed by atoms with Crippen LogP contribution in [0.15, 0.2) is 41.8 Å². The molecule has 0 spiro atoms. The van der Waals surface area contributed by atoms with E-state index in [0.717, 1.165) is 4.90 Å². The summed E-state index contributed by atoms with van der Waals surface area (Å²) in [6, 6.07) is 5.32. The third-order valence-electron chi connectivity index (χ3n) is 5.61. The second-order valence-electron chi connectivity index (χ2n) is 9.80. The summed E-state index contributed by atoms with van der Waals surface area (Å²) in [5.41, 5.74) is -0.772. The molecule has 40 heavy (non-hydrogen) atoms. The van der Waals surface area contributed by atoms with Crippen LogP contribution in [0.25, 0.3) is 0 Å². The number of likely N-dealkylation sites (tertiary alicyclic amines) is 1. The molecule has 3 unspecified atom stereocenters. The van der Waals surface area contributed by atoms with Crippen LogP contribution >= 0.6 is 11.3 Å². The smallest absolute Gasteiger partial charge is 0.408 e. The van der Waals surface area contributed by atoms with E-state index in [1.165, 1.54) is 35.6 Å². The molecule has 1 aromatic carbocycles. The van der Waals surface area contributed by atoms with E-state index in [0.29, 0.717) is 4.88 Å². The normalized spacial score (nSPS) is 16.2. The van der Waals surface area contributed by atoms with Crippen LogP contribution in [-0.4, -0.2) is 81.6 Å². The zero-order chi connectivity index (χ0) is 29.6. The van der Waals surface area contributed by atoms with E-state index >= 15 is 0 Å². The number of amides is 3. The first kappa shape index (κ1) is 30.1. The van der Waals surface area contributed by atoms with Gasteiger partial charge in [-0.2, -0.15) is 0 Å². The number of nitrogens with zero attached hydrogens (tertiary/aromatic N) is 1. The van der Waals surface area contributed by atoms with Crippen molar-refractivity contribution in [1.29, 1.82) is 0 Å². The number of thiophene rings is 1. The molecule has 214 valence electrons. The number of benzene rings is 1. The molecule has 0 radical (unpaired) electrons. The highest BCUT2D eigenvalue weighted by atomic mass is 32.1. The molecule has 1 saturated heterocycles. The number of nitrogens with one attached hydrogen (secondary N) is 2. The number of carboxylic acid groups (broad SMARTS) is 2. The monoisotopic (exact) mass is 575 g/mol. The van der Waals surface area contributed by atoms with E-state index in [-0.39, 0.29) is 30.9 Å². The lowest BCUT2D eigenvalue weighted by molar-refractivity contribution is -0.159. The molecule has 0 bridgehead atoms. The van der Waals surface area contributed by atoms with E-state index in [1.807, 2.05) is 0 Å². The van der Waals surface area contributed by atoms with Gasteiger partial charge in [-0.25, -0.2) is 14.4 Å². The van der Waals surface area contributed by atoms with Crippen molar-refractivity contribution in [2.45, 2.75) is 50.9 Å². The molecular weight excluding hydrogens is 546 g/mol. The summed E-state index contributed by atoms with van der Waals surface area (Å²) in [6.45, 7) is 4.80. The molecule has 3 atom stereocenters. The first-order valence-electron chi connectivity index (χ1n) is 12.1. The molecule has 1 aliphatic heterocycles. The predicted molar refractivity (Wildman–Crippen MR) is 140 cm³/mol. The lowest BCUT2D eigenvalue weighted by Gasteiger charge is -2.41. The third-order valence-corrected chi connectivity index (χ3v) is 6.54. The number of β-lactam (4-membered cyclic amide) rings is 1. The zero-order valence-electron chi connectivity index (χ0n) is 21.9. The van der Waals surface area contributed by atoms with Crippen LogP contribution in [0.1, 0.15) is 48.5 Å². The molecule has 0 saturated carbocycles. The Hall–Kier alpha value is -4.46. The molecule has 1 fully saturated rings. The van der Waals surface area contributed by atoms with Gasteiger partial charge >= 0.3 is 18.0 Å². The Bertz CT molecular complexity index is 1270. The van der Waals surface area contributed by atoms with E-state index in [9.17, 15) is 39.0 Å². The highest BCUT2D eigenvalue weighted by Crippen LogP contribution is 2.30. The SMILES string of the molecule is CC(C)(C)OC(=O)NC(CCOc1ccc(C(=O)C(=O)NC2CN(C(C(=O)O)c3cccs3)C2=O)cc1)C(=O)O. The van der Waals surface area contributed by atoms with Crippen LogP contribution in [0.3, 0.4) is 0 Å². The molecule has 2 heterocycles. The van der Waals surface area contributed by atoms with Gasteiger partial charge in [0.15, 0.2) is 6.04 Å². The number of carboxylic acids is 2.